The Kier molecular flexibility index (Phi) is 6.53. The first kappa shape index (κ1) is 17.4. The minimum atomic E-state index is -0.373. The average Bonchev–Trinajstić information content (AvgIpc) is 2.54. The molecule has 0 radical (unpaired) electrons. The van der Waals surface area contributed by atoms with Gasteiger partial charge in [-0.25, -0.2) is 9.18 Å². The van der Waals surface area contributed by atoms with Crippen LogP contribution in [0.2, 0.25) is 0 Å². The number of hydrogen-bond donors (Lipinski definition) is 0. The maximum Gasteiger partial charge on any atom is 0.331 e. The summed E-state index contributed by atoms with van der Waals surface area (Å²) in [5.41, 5.74) is 2.41. The molecule has 0 unspecified atom stereocenters. The van der Waals surface area contributed by atoms with Crippen molar-refractivity contribution in [2.45, 2.75) is 19.8 Å². The Morgan fingerprint density at radius 2 is 1.96 bits per heavy atom. The van der Waals surface area contributed by atoms with Gasteiger partial charge in [0.05, 0.1) is 6.61 Å². The van der Waals surface area contributed by atoms with Gasteiger partial charge in [0.2, 0.25) is 0 Å². The summed E-state index contributed by atoms with van der Waals surface area (Å²) in [6.45, 7) is 2.10. The number of benzene rings is 2. The van der Waals surface area contributed by atoms with E-state index < -0.39 is 0 Å². The van der Waals surface area contributed by atoms with Gasteiger partial charge < -0.3 is 4.74 Å². The van der Waals surface area contributed by atoms with E-state index in [1.165, 1.54) is 12.1 Å². The summed E-state index contributed by atoms with van der Waals surface area (Å²) >= 11 is 3.25. The molecule has 0 spiro atoms. The molecule has 2 nitrogen and oxygen atoms in total. The van der Waals surface area contributed by atoms with Crippen molar-refractivity contribution in [3.8, 4) is 0 Å². The second-order valence-electron chi connectivity index (χ2n) is 5.02. The van der Waals surface area contributed by atoms with Crippen LogP contribution in [0.3, 0.4) is 0 Å². The Morgan fingerprint density at radius 3 is 2.61 bits per heavy atom. The van der Waals surface area contributed by atoms with Gasteiger partial charge in [-0.1, -0.05) is 52.3 Å². The van der Waals surface area contributed by atoms with E-state index in [2.05, 4.69) is 15.9 Å². The topological polar surface area (TPSA) is 26.3 Å². The first-order chi connectivity index (χ1) is 11.1. The lowest BCUT2D eigenvalue weighted by atomic mass is 9.98. The third kappa shape index (κ3) is 5.32. The van der Waals surface area contributed by atoms with Crippen LogP contribution >= 0.6 is 15.9 Å². The molecule has 4 heteroatoms. The predicted molar refractivity (Wildman–Crippen MR) is 93.5 cm³/mol. The number of allylic oxidation sites excluding steroid dienone is 1. The van der Waals surface area contributed by atoms with E-state index in [0.717, 1.165) is 11.1 Å². The SMILES string of the molecule is CCOC(=O)C=C(CCc1ccc(Br)cc1F)c1ccccc1. The zero-order valence-corrected chi connectivity index (χ0v) is 14.5. The van der Waals surface area contributed by atoms with Gasteiger partial charge in [0.1, 0.15) is 5.82 Å². The number of esters is 1. The second kappa shape index (κ2) is 8.63. The lowest BCUT2D eigenvalue weighted by molar-refractivity contribution is -0.137. The highest BCUT2D eigenvalue weighted by molar-refractivity contribution is 9.10. The van der Waals surface area contributed by atoms with Crippen molar-refractivity contribution >= 4 is 27.5 Å². The fourth-order valence-corrected chi connectivity index (χ4v) is 2.61. The second-order valence-corrected chi connectivity index (χ2v) is 5.94. The normalized spacial score (nSPS) is 11.3. The standard InChI is InChI=1S/C19H18BrFO2/c1-2-23-19(22)12-16(14-6-4-3-5-7-14)9-8-15-10-11-17(20)13-18(15)21/h3-7,10-13H,2,8-9H2,1H3. The molecule has 0 heterocycles. The van der Waals surface area contributed by atoms with Crippen LogP contribution in [0, 0.1) is 5.82 Å². The molecule has 0 aliphatic rings. The Bertz CT molecular complexity index is 696. The van der Waals surface area contributed by atoms with Gasteiger partial charge in [-0.2, -0.15) is 0 Å². The summed E-state index contributed by atoms with van der Waals surface area (Å²) in [7, 11) is 0. The summed E-state index contributed by atoms with van der Waals surface area (Å²) < 4.78 is 19.6. The fourth-order valence-electron chi connectivity index (χ4n) is 2.27. The summed E-state index contributed by atoms with van der Waals surface area (Å²) in [4.78, 5) is 11.8. The molecule has 0 aromatic heterocycles. The molecule has 120 valence electrons. The fraction of sp³-hybridized carbons (Fsp3) is 0.211. The van der Waals surface area contributed by atoms with E-state index in [0.29, 0.717) is 29.5 Å². The van der Waals surface area contributed by atoms with Gasteiger partial charge >= 0.3 is 5.97 Å². The lowest BCUT2D eigenvalue weighted by Gasteiger charge is -2.09. The maximum absolute atomic E-state index is 13.9. The molecule has 0 N–H and O–H groups in total. The van der Waals surface area contributed by atoms with Crippen LogP contribution in [0.4, 0.5) is 4.39 Å². The van der Waals surface area contributed by atoms with Crippen molar-refractivity contribution in [3.63, 3.8) is 0 Å². The molecule has 0 saturated carbocycles. The van der Waals surface area contributed by atoms with Crippen LogP contribution in [-0.4, -0.2) is 12.6 Å². The van der Waals surface area contributed by atoms with Crippen LogP contribution in [0.25, 0.3) is 5.57 Å². The maximum atomic E-state index is 13.9. The van der Waals surface area contributed by atoms with Crippen molar-refractivity contribution in [1.82, 2.24) is 0 Å². The largest absolute Gasteiger partial charge is 0.463 e. The number of ether oxygens (including phenoxy) is 1. The zero-order valence-electron chi connectivity index (χ0n) is 12.9. The molecule has 2 aromatic rings. The van der Waals surface area contributed by atoms with E-state index >= 15 is 0 Å². The number of carbonyl (C=O) groups is 1. The summed E-state index contributed by atoms with van der Waals surface area (Å²) in [5, 5.41) is 0. The van der Waals surface area contributed by atoms with Gasteiger partial charge in [0, 0.05) is 10.5 Å². The van der Waals surface area contributed by atoms with Crippen LogP contribution < -0.4 is 0 Å². The number of hydrogen-bond acceptors (Lipinski definition) is 2. The minimum absolute atomic E-state index is 0.247. The quantitative estimate of drug-likeness (QED) is 0.513. The third-order valence-corrected chi connectivity index (χ3v) is 3.90. The van der Waals surface area contributed by atoms with Crippen molar-refractivity contribution in [2.24, 2.45) is 0 Å². The van der Waals surface area contributed by atoms with Gasteiger partial charge in [-0.15, -0.1) is 0 Å². The number of rotatable bonds is 6. The van der Waals surface area contributed by atoms with Crippen LogP contribution in [0.1, 0.15) is 24.5 Å². The van der Waals surface area contributed by atoms with Gasteiger partial charge in [-0.05, 0) is 48.6 Å². The van der Waals surface area contributed by atoms with Crippen molar-refractivity contribution in [2.75, 3.05) is 6.61 Å². The highest BCUT2D eigenvalue weighted by Crippen LogP contribution is 2.23. The van der Waals surface area contributed by atoms with E-state index in [9.17, 15) is 9.18 Å². The van der Waals surface area contributed by atoms with Crippen LogP contribution in [-0.2, 0) is 16.0 Å². The van der Waals surface area contributed by atoms with Crippen LogP contribution in [0.15, 0.2) is 59.1 Å². The smallest absolute Gasteiger partial charge is 0.331 e. The van der Waals surface area contributed by atoms with Crippen LogP contribution in [0.5, 0.6) is 0 Å². The lowest BCUT2D eigenvalue weighted by Crippen LogP contribution is -2.02. The Labute approximate surface area is 144 Å². The summed E-state index contributed by atoms with van der Waals surface area (Å²) in [5.74, 6) is -0.620. The molecule has 2 rings (SSSR count). The molecule has 0 amide bonds. The highest BCUT2D eigenvalue weighted by Gasteiger charge is 2.09. The summed E-state index contributed by atoms with van der Waals surface area (Å²) in [6.07, 6.45) is 2.57. The third-order valence-electron chi connectivity index (χ3n) is 3.40. The minimum Gasteiger partial charge on any atom is -0.463 e. The molecular weight excluding hydrogens is 359 g/mol. The van der Waals surface area contributed by atoms with E-state index in [-0.39, 0.29) is 11.8 Å². The zero-order chi connectivity index (χ0) is 16.7. The van der Waals surface area contributed by atoms with Crippen molar-refractivity contribution in [1.29, 1.82) is 0 Å². The van der Waals surface area contributed by atoms with Gasteiger partial charge in [0.15, 0.2) is 0 Å². The van der Waals surface area contributed by atoms with E-state index in [1.807, 2.05) is 36.4 Å². The average molecular weight is 377 g/mol. The molecule has 2 aromatic carbocycles. The van der Waals surface area contributed by atoms with Crippen molar-refractivity contribution < 1.29 is 13.9 Å². The first-order valence-corrected chi connectivity index (χ1v) is 8.26. The predicted octanol–water partition coefficient (Wildman–Crippen LogP) is 5.17. The number of aryl methyl sites for hydroxylation is 1. The first-order valence-electron chi connectivity index (χ1n) is 7.47. The number of halogens is 2. The molecule has 23 heavy (non-hydrogen) atoms. The molecule has 0 fully saturated rings. The number of carbonyl (C=O) groups excluding carboxylic acids is 1. The molecule has 0 atom stereocenters. The van der Waals surface area contributed by atoms with Crippen molar-refractivity contribution in [3.05, 3.63) is 76.0 Å². The molecular formula is C19H18BrFO2. The Hall–Kier alpha value is -1.94. The monoisotopic (exact) mass is 376 g/mol. The Morgan fingerprint density at radius 1 is 1.22 bits per heavy atom. The molecule has 0 aliphatic carbocycles. The van der Waals surface area contributed by atoms with E-state index in [1.54, 1.807) is 13.0 Å². The van der Waals surface area contributed by atoms with Gasteiger partial charge in [0.25, 0.3) is 0 Å². The molecule has 0 saturated heterocycles. The van der Waals surface area contributed by atoms with E-state index in [4.69, 9.17) is 4.74 Å². The Balaban J connectivity index is 2.19. The summed E-state index contributed by atoms with van der Waals surface area (Å²) in [6, 6.07) is 14.6. The molecule has 0 bridgehead atoms. The van der Waals surface area contributed by atoms with Gasteiger partial charge in [-0.3, -0.25) is 0 Å². The molecule has 0 aliphatic heterocycles. The highest BCUT2D eigenvalue weighted by atomic mass is 79.9.